The molecule has 0 radical (unpaired) electrons. The number of methoxy groups -OCH3 is 1. The zero-order chi connectivity index (χ0) is 14.5. The molecule has 0 aliphatic heterocycles. The van der Waals surface area contributed by atoms with E-state index in [0.29, 0.717) is 0 Å². The maximum absolute atomic E-state index is 5.89. The normalized spacial score (nSPS) is 10.3. The molecule has 0 unspecified atom stereocenters. The standard InChI is InChI=1S/C17H22N2O/c1-4-13-5-7-16(8-6-13)19(2)12-14-9-15(18)11-17(10-14)20-3/h5-11H,4,12,18H2,1-3H3. The van der Waals surface area contributed by atoms with Crippen LogP contribution in [-0.4, -0.2) is 14.2 Å². The number of nitrogen functional groups attached to an aromatic ring is 1. The van der Waals surface area contributed by atoms with E-state index >= 15 is 0 Å². The van der Waals surface area contributed by atoms with Gasteiger partial charge in [0.2, 0.25) is 0 Å². The van der Waals surface area contributed by atoms with Gasteiger partial charge in [0.15, 0.2) is 0 Å². The van der Waals surface area contributed by atoms with Gasteiger partial charge >= 0.3 is 0 Å². The summed E-state index contributed by atoms with van der Waals surface area (Å²) in [6.07, 6.45) is 1.07. The first-order valence-corrected chi connectivity index (χ1v) is 6.86. The molecule has 106 valence electrons. The molecule has 2 aromatic rings. The highest BCUT2D eigenvalue weighted by molar-refractivity contribution is 5.51. The van der Waals surface area contributed by atoms with E-state index in [1.54, 1.807) is 7.11 Å². The Kier molecular flexibility index (Phi) is 4.51. The van der Waals surface area contributed by atoms with Gasteiger partial charge in [-0.25, -0.2) is 0 Å². The Bertz CT molecular complexity index is 564. The molecule has 3 nitrogen and oxygen atoms in total. The zero-order valence-electron chi connectivity index (χ0n) is 12.4. The summed E-state index contributed by atoms with van der Waals surface area (Å²) in [5.41, 5.74) is 10.3. The molecule has 0 aromatic heterocycles. The van der Waals surface area contributed by atoms with Crippen molar-refractivity contribution in [3.8, 4) is 5.75 Å². The fraction of sp³-hybridized carbons (Fsp3) is 0.294. The van der Waals surface area contributed by atoms with Crippen LogP contribution >= 0.6 is 0 Å². The highest BCUT2D eigenvalue weighted by atomic mass is 16.5. The van der Waals surface area contributed by atoms with Crippen molar-refractivity contribution >= 4 is 11.4 Å². The molecule has 0 aliphatic rings. The number of ether oxygens (including phenoxy) is 1. The number of anilines is 2. The van der Waals surface area contributed by atoms with Gasteiger partial charge in [-0.05, 0) is 41.8 Å². The Balaban J connectivity index is 2.13. The van der Waals surface area contributed by atoms with Crippen LogP contribution in [0.25, 0.3) is 0 Å². The molecule has 2 aromatic carbocycles. The molecule has 0 aliphatic carbocycles. The second-order valence-electron chi connectivity index (χ2n) is 4.99. The van der Waals surface area contributed by atoms with Crippen LogP contribution < -0.4 is 15.4 Å². The molecule has 0 spiro atoms. The third kappa shape index (κ3) is 3.44. The molecule has 20 heavy (non-hydrogen) atoms. The predicted molar refractivity (Wildman–Crippen MR) is 85.3 cm³/mol. The minimum absolute atomic E-state index is 0.731. The van der Waals surface area contributed by atoms with E-state index in [1.807, 2.05) is 18.2 Å². The fourth-order valence-corrected chi connectivity index (χ4v) is 2.25. The van der Waals surface area contributed by atoms with E-state index in [0.717, 1.165) is 30.0 Å². The molecule has 2 N–H and O–H groups in total. The summed E-state index contributed by atoms with van der Waals surface area (Å²) in [5, 5.41) is 0. The molecule has 0 saturated carbocycles. The number of rotatable bonds is 5. The van der Waals surface area contributed by atoms with Crippen molar-refractivity contribution in [2.45, 2.75) is 19.9 Å². The minimum Gasteiger partial charge on any atom is -0.497 e. The van der Waals surface area contributed by atoms with Gasteiger partial charge in [0.05, 0.1) is 7.11 Å². The highest BCUT2D eigenvalue weighted by Gasteiger charge is 2.05. The van der Waals surface area contributed by atoms with E-state index in [9.17, 15) is 0 Å². The van der Waals surface area contributed by atoms with Crippen molar-refractivity contribution < 1.29 is 4.74 Å². The van der Waals surface area contributed by atoms with Crippen LogP contribution in [-0.2, 0) is 13.0 Å². The average Bonchev–Trinajstić information content (AvgIpc) is 2.46. The van der Waals surface area contributed by atoms with E-state index in [2.05, 4.69) is 43.1 Å². The monoisotopic (exact) mass is 270 g/mol. The van der Waals surface area contributed by atoms with E-state index in [4.69, 9.17) is 10.5 Å². The largest absolute Gasteiger partial charge is 0.497 e. The van der Waals surface area contributed by atoms with Crippen LogP contribution in [0.2, 0.25) is 0 Å². The fourth-order valence-electron chi connectivity index (χ4n) is 2.25. The minimum atomic E-state index is 0.731. The van der Waals surface area contributed by atoms with Crippen molar-refractivity contribution in [3.05, 3.63) is 53.6 Å². The Morgan fingerprint density at radius 2 is 1.75 bits per heavy atom. The number of aryl methyl sites for hydroxylation is 1. The van der Waals surface area contributed by atoms with Gasteiger partial charge in [0.1, 0.15) is 5.75 Å². The molecule has 0 amide bonds. The van der Waals surface area contributed by atoms with Gasteiger partial charge in [-0.2, -0.15) is 0 Å². The summed E-state index contributed by atoms with van der Waals surface area (Å²) in [6.45, 7) is 2.96. The average molecular weight is 270 g/mol. The first-order chi connectivity index (χ1) is 9.62. The van der Waals surface area contributed by atoms with Gasteiger partial charge in [-0.1, -0.05) is 19.1 Å². The SMILES string of the molecule is CCc1ccc(N(C)Cc2cc(N)cc(OC)c2)cc1. The Morgan fingerprint density at radius 1 is 1.05 bits per heavy atom. The molecule has 0 atom stereocenters. The van der Waals surface area contributed by atoms with E-state index in [-0.39, 0.29) is 0 Å². The van der Waals surface area contributed by atoms with Gasteiger partial charge < -0.3 is 15.4 Å². The van der Waals surface area contributed by atoms with Gasteiger partial charge in [0, 0.05) is 31.0 Å². The van der Waals surface area contributed by atoms with Crippen molar-refractivity contribution in [3.63, 3.8) is 0 Å². The third-order valence-electron chi connectivity index (χ3n) is 3.43. The lowest BCUT2D eigenvalue weighted by atomic mass is 10.1. The van der Waals surface area contributed by atoms with Crippen molar-refractivity contribution in [2.75, 3.05) is 24.8 Å². The smallest absolute Gasteiger partial charge is 0.121 e. The van der Waals surface area contributed by atoms with E-state index < -0.39 is 0 Å². The lowest BCUT2D eigenvalue weighted by Gasteiger charge is -2.20. The maximum atomic E-state index is 5.89. The summed E-state index contributed by atoms with van der Waals surface area (Å²) >= 11 is 0. The summed E-state index contributed by atoms with van der Waals surface area (Å²) in [5.74, 6) is 0.801. The topological polar surface area (TPSA) is 38.5 Å². The molecule has 0 saturated heterocycles. The van der Waals surface area contributed by atoms with Crippen LogP contribution in [0.5, 0.6) is 5.75 Å². The number of hydrogen-bond donors (Lipinski definition) is 1. The Hall–Kier alpha value is -2.16. The lowest BCUT2D eigenvalue weighted by Crippen LogP contribution is -2.16. The van der Waals surface area contributed by atoms with Crippen LogP contribution in [0.1, 0.15) is 18.1 Å². The summed E-state index contributed by atoms with van der Waals surface area (Å²) in [7, 11) is 3.74. The second-order valence-corrected chi connectivity index (χ2v) is 4.99. The molecular formula is C17H22N2O. The summed E-state index contributed by atoms with van der Waals surface area (Å²) in [4.78, 5) is 2.20. The molecule has 0 fully saturated rings. The van der Waals surface area contributed by atoms with Gasteiger partial charge in [-0.15, -0.1) is 0 Å². The number of nitrogens with zero attached hydrogens (tertiary/aromatic N) is 1. The van der Waals surface area contributed by atoms with Crippen LogP contribution in [0.4, 0.5) is 11.4 Å². The van der Waals surface area contributed by atoms with E-state index in [1.165, 1.54) is 11.3 Å². The summed E-state index contributed by atoms with van der Waals surface area (Å²) < 4.78 is 5.25. The lowest BCUT2D eigenvalue weighted by molar-refractivity contribution is 0.414. The van der Waals surface area contributed by atoms with Crippen molar-refractivity contribution in [2.24, 2.45) is 0 Å². The first kappa shape index (κ1) is 14.3. The van der Waals surface area contributed by atoms with Crippen LogP contribution in [0, 0.1) is 0 Å². The van der Waals surface area contributed by atoms with Crippen LogP contribution in [0.3, 0.4) is 0 Å². The second kappa shape index (κ2) is 6.33. The molecule has 2 rings (SSSR count). The Morgan fingerprint density at radius 3 is 2.35 bits per heavy atom. The molecule has 3 heteroatoms. The quantitative estimate of drug-likeness (QED) is 0.845. The molecular weight excluding hydrogens is 248 g/mol. The summed E-state index contributed by atoms with van der Waals surface area (Å²) in [6, 6.07) is 14.5. The predicted octanol–water partition coefficient (Wildman–Crippen LogP) is 3.48. The molecule has 0 heterocycles. The third-order valence-corrected chi connectivity index (χ3v) is 3.43. The highest BCUT2D eigenvalue weighted by Crippen LogP contribution is 2.22. The van der Waals surface area contributed by atoms with Gasteiger partial charge in [0.25, 0.3) is 0 Å². The Labute approximate surface area is 121 Å². The van der Waals surface area contributed by atoms with Crippen LogP contribution in [0.15, 0.2) is 42.5 Å². The number of hydrogen-bond acceptors (Lipinski definition) is 3. The first-order valence-electron chi connectivity index (χ1n) is 6.86. The number of benzene rings is 2. The number of nitrogens with two attached hydrogens (primary N) is 1. The van der Waals surface area contributed by atoms with Gasteiger partial charge in [-0.3, -0.25) is 0 Å². The van der Waals surface area contributed by atoms with Crippen molar-refractivity contribution in [1.29, 1.82) is 0 Å². The molecule has 0 bridgehead atoms. The van der Waals surface area contributed by atoms with Crippen molar-refractivity contribution in [1.82, 2.24) is 0 Å². The zero-order valence-corrected chi connectivity index (χ0v) is 12.4. The maximum Gasteiger partial charge on any atom is 0.121 e.